The first kappa shape index (κ1) is 26.1. The molecule has 0 unspecified atom stereocenters. The zero-order valence-corrected chi connectivity index (χ0v) is 19.5. The number of amides is 1. The van der Waals surface area contributed by atoms with Gasteiger partial charge in [0.05, 0.1) is 18.2 Å². The van der Waals surface area contributed by atoms with Crippen molar-refractivity contribution in [2.75, 3.05) is 25.6 Å². The molecule has 0 heterocycles. The van der Waals surface area contributed by atoms with Gasteiger partial charge in [-0.05, 0) is 55.5 Å². The van der Waals surface area contributed by atoms with Crippen LogP contribution in [0.2, 0.25) is 0 Å². The zero-order chi connectivity index (χ0) is 26.1. The van der Waals surface area contributed by atoms with Gasteiger partial charge in [0.15, 0.2) is 13.2 Å². The largest absolute Gasteiger partial charge is 0.497 e. The van der Waals surface area contributed by atoms with Crippen LogP contribution in [0.5, 0.6) is 17.2 Å². The summed E-state index contributed by atoms with van der Waals surface area (Å²) in [5.41, 5.74) is 1.22. The number of methoxy groups -OCH3 is 1. The molecule has 0 saturated heterocycles. The fraction of sp³-hybridized carbons (Fsp3) is 0.192. The summed E-state index contributed by atoms with van der Waals surface area (Å²) in [5, 5.41) is 2.67. The monoisotopic (exact) mass is 499 g/mol. The van der Waals surface area contributed by atoms with Gasteiger partial charge in [-0.2, -0.15) is 8.78 Å². The van der Waals surface area contributed by atoms with Gasteiger partial charge < -0.3 is 24.3 Å². The lowest BCUT2D eigenvalue weighted by Crippen LogP contribution is -2.20. The van der Waals surface area contributed by atoms with E-state index in [4.69, 9.17) is 14.2 Å². The van der Waals surface area contributed by atoms with Crippen LogP contribution in [-0.4, -0.2) is 44.6 Å². The number of ether oxygens (including phenoxy) is 4. The van der Waals surface area contributed by atoms with Crippen LogP contribution in [0.15, 0.2) is 66.7 Å². The average molecular weight is 499 g/mol. The Morgan fingerprint density at radius 3 is 2.36 bits per heavy atom. The van der Waals surface area contributed by atoms with Crippen molar-refractivity contribution in [2.45, 2.75) is 13.5 Å². The Morgan fingerprint density at radius 2 is 1.67 bits per heavy atom. The molecule has 3 aromatic rings. The molecule has 36 heavy (non-hydrogen) atoms. The Balaban J connectivity index is 1.51. The van der Waals surface area contributed by atoms with Gasteiger partial charge in [-0.1, -0.05) is 17.7 Å². The van der Waals surface area contributed by atoms with E-state index in [2.05, 4.69) is 10.1 Å². The lowest BCUT2D eigenvalue weighted by Gasteiger charge is -2.11. The maximum Gasteiger partial charge on any atom is 0.387 e. The smallest absolute Gasteiger partial charge is 0.387 e. The van der Waals surface area contributed by atoms with Crippen molar-refractivity contribution in [3.8, 4) is 17.2 Å². The molecular weight excluding hydrogens is 476 g/mol. The number of rotatable bonds is 11. The predicted octanol–water partition coefficient (Wildman–Crippen LogP) is 4.66. The molecule has 3 aromatic carbocycles. The molecule has 8 nitrogen and oxygen atoms in total. The minimum Gasteiger partial charge on any atom is -0.497 e. The van der Waals surface area contributed by atoms with Gasteiger partial charge in [0, 0.05) is 11.8 Å². The summed E-state index contributed by atoms with van der Waals surface area (Å²) in [7, 11) is 1.52. The van der Waals surface area contributed by atoms with E-state index in [0.717, 1.165) is 0 Å². The fourth-order valence-corrected chi connectivity index (χ4v) is 3.09. The second kappa shape index (κ2) is 12.3. The van der Waals surface area contributed by atoms with Crippen molar-refractivity contribution < 1.29 is 42.1 Å². The van der Waals surface area contributed by atoms with Gasteiger partial charge in [0.25, 0.3) is 5.91 Å². The molecule has 0 saturated carbocycles. The number of esters is 1. The van der Waals surface area contributed by atoms with Gasteiger partial charge in [0.1, 0.15) is 17.2 Å². The number of benzene rings is 3. The SMILES string of the molecule is COc1cccc(NC(=O)COc2ccc(C(=O)OCC(=O)c3cc(C)ccc3OC(F)F)cc2)c1. The number of hydrogen-bond donors (Lipinski definition) is 1. The normalized spacial score (nSPS) is 10.5. The summed E-state index contributed by atoms with van der Waals surface area (Å²) in [6.45, 7) is -2.35. The van der Waals surface area contributed by atoms with Gasteiger partial charge in [-0.3, -0.25) is 9.59 Å². The van der Waals surface area contributed by atoms with E-state index >= 15 is 0 Å². The number of carbonyl (C=O) groups excluding carboxylic acids is 3. The third kappa shape index (κ3) is 7.52. The first-order valence-corrected chi connectivity index (χ1v) is 10.7. The van der Waals surface area contributed by atoms with Gasteiger partial charge in [0.2, 0.25) is 5.78 Å². The van der Waals surface area contributed by atoms with Crippen LogP contribution in [0.1, 0.15) is 26.3 Å². The molecule has 1 amide bonds. The van der Waals surface area contributed by atoms with Crippen LogP contribution in [-0.2, 0) is 9.53 Å². The molecule has 0 fully saturated rings. The minimum absolute atomic E-state index is 0.112. The summed E-state index contributed by atoms with van der Waals surface area (Å²) < 4.78 is 45.1. The number of anilines is 1. The average Bonchev–Trinajstić information content (AvgIpc) is 2.87. The number of nitrogens with one attached hydrogen (secondary N) is 1. The van der Waals surface area contributed by atoms with E-state index in [9.17, 15) is 23.2 Å². The molecule has 0 radical (unpaired) electrons. The lowest BCUT2D eigenvalue weighted by atomic mass is 10.1. The van der Waals surface area contributed by atoms with Crippen LogP contribution >= 0.6 is 0 Å². The van der Waals surface area contributed by atoms with E-state index in [1.165, 1.54) is 49.6 Å². The Kier molecular flexibility index (Phi) is 8.93. The van der Waals surface area contributed by atoms with Crippen LogP contribution in [0.25, 0.3) is 0 Å². The quantitative estimate of drug-likeness (QED) is 0.303. The molecule has 188 valence electrons. The lowest BCUT2D eigenvalue weighted by molar-refractivity contribution is -0.118. The van der Waals surface area contributed by atoms with Crippen molar-refractivity contribution in [3.63, 3.8) is 0 Å². The summed E-state index contributed by atoms with van der Waals surface area (Å²) in [6, 6.07) is 16.7. The molecule has 0 aliphatic heterocycles. The van der Waals surface area contributed by atoms with Crippen molar-refractivity contribution in [2.24, 2.45) is 0 Å². The molecule has 0 aromatic heterocycles. The molecule has 10 heteroatoms. The van der Waals surface area contributed by atoms with E-state index < -0.39 is 30.9 Å². The topological polar surface area (TPSA) is 100 Å². The summed E-state index contributed by atoms with van der Waals surface area (Å²) >= 11 is 0. The third-order valence-electron chi connectivity index (χ3n) is 4.80. The maximum atomic E-state index is 12.6. The maximum absolute atomic E-state index is 12.6. The number of halogens is 2. The number of ketones is 1. The summed E-state index contributed by atoms with van der Waals surface area (Å²) in [4.78, 5) is 36.8. The van der Waals surface area contributed by atoms with E-state index in [-0.39, 0.29) is 23.5 Å². The Bertz CT molecular complexity index is 1230. The molecule has 3 rings (SSSR count). The van der Waals surface area contributed by atoms with Crippen LogP contribution in [0, 0.1) is 6.92 Å². The van der Waals surface area contributed by atoms with Crippen LogP contribution < -0.4 is 19.5 Å². The summed E-state index contributed by atoms with van der Waals surface area (Å²) in [5.74, 6) is -1.25. The van der Waals surface area contributed by atoms with Gasteiger partial charge >= 0.3 is 12.6 Å². The fourth-order valence-electron chi connectivity index (χ4n) is 3.09. The highest BCUT2D eigenvalue weighted by Crippen LogP contribution is 2.23. The van der Waals surface area contributed by atoms with E-state index in [0.29, 0.717) is 22.7 Å². The molecule has 0 aliphatic rings. The van der Waals surface area contributed by atoms with Crippen molar-refractivity contribution in [1.29, 1.82) is 0 Å². The Morgan fingerprint density at radius 1 is 0.917 bits per heavy atom. The van der Waals surface area contributed by atoms with E-state index in [1.54, 1.807) is 31.2 Å². The Labute approximate surface area is 205 Å². The van der Waals surface area contributed by atoms with Crippen LogP contribution in [0.3, 0.4) is 0 Å². The van der Waals surface area contributed by atoms with Crippen molar-refractivity contribution >= 4 is 23.3 Å². The second-order valence-corrected chi connectivity index (χ2v) is 7.47. The van der Waals surface area contributed by atoms with Gasteiger partial charge in [-0.25, -0.2) is 4.79 Å². The first-order valence-electron chi connectivity index (χ1n) is 10.7. The van der Waals surface area contributed by atoms with Crippen molar-refractivity contribution in [3.05, 3.63) is 83.4 Å². The molecular formula is C26H23F2NO7. The highest BCUT2D eigenvalue weighted by molar-refractivity contribution is 6.01. The zero-order valence-electron chi connectivity index (χ0n) is 19.5. The molecule has 1 N–H and O–H groups in total. The Hall–Kier alpha value is -4.47. The molecule has 0 aliphatic carbocycles. The van der Waals surface area contributed by atoms with Crippen molar-refractivity contribution in [1.82, 2.24) is 0 Å². The predicted molar refractivity (Wildman–Crippen MR) is 126 cm³/mol. The first-order chi connectivity index (χ1) is 17.2. The molecule has 0 spiro atoms. The number of carbonyl (C=O) groups is 3. The number of aryl methyl sites for hydroxylation is 1. The van der Waals surface area contributed by atoms with Crippen LogP contribution in [0.4, 0.5) is 14.5 Å². The number of Topliss-reactive ketones (excluding diaryl/α,β-unsaturated/α-hetero) is 1. The molecule has 0 atom stereocenters. The highest BCUT2D eigenvalue weighted by atomic mass is 19.3. The summed E-state index contributed by atoms with van der Waals surface area (Å²) in [6.07, 6.45) is 0. The highest BCUT2D eigenvalue weighted by Gasteiger charge is 2.18. The number of hydrogen-bond acceptors (Lipinski definition) is 7. The number of alkyl halides is 2. The standard InChI is InChI=1S/C26H23F2NO7/c1-16-6-11-23(36-26(27)28)21(12-16)22(30)14-35-25(32)17-7-9-19(10-8-17)34-15-24(31)29-18-4-3-5-20(13-18)33-2/h3-13,26H,14-15H2,1-2H3,(H,29,31). The van der Waals surface area contributed by atoms with Gasteiger partial charge in [-0.15, -0.1) is 0 Å². The second-order valence-electron chi connectivity index (χ2n) is 7.47. The minimum atomic E-state index is -3.10. The third-order valence-corrected chi connectivity index (χ3v) is 4.80. The van der Waals surface area contributed by atoms with E-state index in [1.807, 2.05) is 0 Å². The molecule has 0 bridgehead atoms.